The van der Waals surface area contributed by atoms with Gasteiger partial charge in [0.05, 0.1) is 13.2 Å². The zero-order valence-corrected chi connectivity index (χ0v) is 11.8. The van der Waals surface area contributed by atoms with Crippen molar-refractivity contribution in [3.8, 4) is 0 Å². The monoisotopic (exact) mass is 269 g/mol. The number of piperidine rings is 1. The number of hydrogen-bond donors (Lipinski definition) is 2. The molecule has 19 heavy (non-hydrogen) atoms. The molecule has 0 spiro atoms. The van der Waals surface area contributed by atoms with E-state index < -0.39 is 0 Å². The van der Waals surface area contributed by atoms with Crippen molar-refractivity contribution in [2.45, 2.75) is 25.7 Å². The first-order valence-corrected chi connectivity index (χ1v) is 7.62. The second-order valence-electron chi connectivity index (χ2n) is 5.57. The molecule has 2 rings (SSSR count). The van der Waals surface area contributed by atoms with Crippen LogP contribution in [0.3, 0.4) is 0 Å². The van der Waals surface area contributed by atoms with E-state index in [1.165, 1.54) is 12.8 Å². The van der Waals surface area contributed by atoms with E-state index in [1.54, 1.807) is 0 Å². The van der Waals surface area contributed by atoms with E-state index >= 15 is 0 Å². The number of amides is 1. The minimum atomic E-state index is 0.218. The largest absolute Gasteiger partial charge is 0.379 e. The zero-order chi connectivity index (χ0) is 13.3. The Morgan fingerprint density at radius 2 is 2.21 bits per heavy atom. The van der Waals surface area contributed by atoms with Gasteiger partial charge in [-0.15, -0.1) is 0 Å². The number of ether oxygens (including phenoxy) is 1. The van der Waals surface area contributed by atoms with E-state index in [2.05, 4.69) is 15.5 Å². The van der Waals surface area contributed by atoms with Crippen LogP contribution in [0.1, 0.15) is 25.7 Å². The molecule has 2 aliphatic heterocycles. The highest BCUT2D eigenvalue weighted by Crippen LogP contribution is 2.13. The summed E-state index contributed by atoms with van der Waals surface area (Å²) in [4.78, 5) is 14.2. The lowest BCUT2D eigenvalue weighted by atomic mass is 9.96. The summed E-state index contributed by atoms with van der Waals surface area (Å²) >= 11 is 0. The molecule has 110 valence electrons. The van der Waals surface area contributed by atoms with Gasteiger partial charge in [0, 0.05) is 26.1 Å². The smallest absolute Gasteiger partial charge is 0.220 e. The van der Waals surface area contributed by atoms with Crippen molar-refractivity contribution in [3.63, 3.8) is 0 Å². The van der Waals surface area contributed by atoms with Crippen LogP contribution >= 0.6 is 0 Å². The van der Waals surface area contributed by atoms with Crippen LogP contribution in [0, 0.1) is 5.92 Å². The van der Waals surface area contributed by atoms with Gasteiger partial charge in [0.2, 0.25) is 5.91 Å². The SMILES string of the molecule is O=C(CC1CCCNC1)NCCCN1CCOCC1. The molecule has 0 bridgehead atoms. The summed E-state index contributed by atoms with van der Waals surface area (Å²) in [5.41, 5.74) is 0. The molecule has 2 N–H and O–H groups in total. The Morgan fingerprint density at radius 3 is 2.95 bits per heavy atom. The molecule has 5 nitrogen and oxygen atoms in total. The fraction of sp³-hybridized carbons (Fsp3) is 0.929. The molecule has 0 aromatic carbocycles. The van der Waals surface area contributed by atoms with Crippen LogP contribution in [-0.2, 0) is 9.53 Å². The van der Waals surface area contributed by atoms with Crippen LogP contribution in [-0.4, -0.2) is 63.3 Å². The Balaban J connectivity index is 1.48. The molecule has 5 heteroatoms. The molecule has 2 aliphatic rings. The third-order valence-corrected chi connectivity index (χ3v) is 3.95. The van der Waals surface area contributed by atoms with Gasteiger partial charge in [-0.2, -0.15) is 0 Å². The van der Waals surface area contributed by atoms with Gasteiger partial charge in [0.1, 0.15) is 0 Å². The topological polar surface area (TPSA) is 53.6 Å². The van der Waals surface area contributed by atoms with E-state index in [0.29, 0.717) is 12.3 Å². The van der Waals surface area contributed by atoms with Crippen molar-refractivity contribution >= 4 is 5.91 Å². The molecule has 2 saturated heterocycles. The first kappa shape index (κ1) is 14.8. The Bertz CT molecular complexity index is 261. The Kier molecular flexibility index (Phi) is 6.61. The molecule has 2 heterocycles. The average Bonchev–Trinajstić information content (AvgIpc) is 2.46. The van der Waals surface area contributed by atoms with Gasteiger partial charge >= 0.3 is 0 Å². The van der Waals surface area contributed by atoms with Gasteiger partial charge in [0.25, 0.3) is 0 Å². The van der Waals surface area contributed by atoms with Crippen molar-refractivity contribution in [3.05, 3.63) is 0 Å². The quantitative estimate of drug-likeness (QED) is 0.677. The second-order valence-corrected chi connectivity index (χ2v) is 5.57. The number of nitrogens with one attached hydrogen (secondary N) is 2. The molecular formula is C14H27N3O2. The third kappa shape index (κ3) is 5.89. The summed E-state index contributed by atoms with van der Waals surface area (Å²) in [6.45, 7) is 7.73. The normalized spacial score (nSPS) is 25.2. The summed E-state index contributed by atoms with van der Waals surface area (Å²) in [5.74, 6) is 0.753. The predicted octanol–water partition coefficient (Wildman–Crippen LogP) is 0.215. The molecule has 0 aromatic rings. The fourth-order valence-corrected chi connectivity index (χ4v) is 2.79. The lowest BCUT2D eigenvalue weighted by Gasteiger charge is -2.26. The zero-order valence-electron chi connectivity index (χ0n) is 11.8. The maximum absolute atomic E-state index is 11.8. The number of nitrogens with zero attached hydrogens (tertiary/aromatic N) is 1. The summed E-state index contributed by atoms with van der Waals surface area (Å²) in [6.07, 6.45) is 4.11. The van der Waals surface area contributed by atoms with E-state index in [-0.39, 0.29) is 5.91 Å². The highest BCUT2D eigenvalue weighted by Gasteiger charge is 2.16. The predicted molar refractivity (Wildman–Crippen MR) is 75.1 cm³/mol. The van der Waals surface area contributed by atoms with Gasteiger partial charge < -0.3 is 15.4 Å². The van der Waals surface area contributed by atoms with Crippen LogP contribution in [0.4, 0.5) is 0 Å². The van der Waals surface area contributed by atoms with Gasteiger partial charge in [-0.3, -0.25) is 9.69 Å². The van der Waals surface area contributed by atoms with E-state index in [9.17, 15) is 4.79 Å². The van der Waals surface area contributed by atoms with Gasteiger partial charge in [-0.25, -0.2) is 0 Å². The standard InChI is InChI=1S/C14H27N3O2/c18-14(11-13-3-1-4-15-12-13)16-5-2-6-17-7-9-19-10-8-17/h13,15H,1-12H2,(H,16,18). The first-order chi connectivity index (χ1) is 9.34. The van der Waals surface area contributed by atoms with Gasteiger partial charge in [0.15, 0.2) is 0 Å². The molecule has 2 fully saturated rings. The lowest BCUT2D eigenvalue weighted by Crippen LogP contribution is -2.38. The molecule has 0 radical (unpaired) electrons. The van der Waals surface area contributed by atoms with Crippen molar-refractivity contribution in [1.29, 1.82) is 0 Å². The molecule has 1 unspecified atom stereocenters. The molecule has 0 saturated carbocycles. The van der Waals surface area contributed by atoms with Crippen molar-refractivity contribution in [2.24, 2.45) is 5.92 Å². The molecule has 0 aromatic heterocycles. The number of morpholine rings is 1. The van der Waals surface area contributed by atoms with Crippen molar-refractivity contribution in [2.75, 3.05) is 52.5 Å². The summed E-state index contributed by atoms with van der Waals surface area (Å²) in [6, 6.07) is 0. The Morgan fingerprint density at radius 1 is 1.37 bits per heavy atom. The van der Waals surface area contributed by atoms with Crippen molar-refractivity contribution < 1.29 is 9.53 Å². The lowest BCUT2D eigenvalue weighted by molar-refractivity contribution is -0.122. The number of rotatable bonds is 6. The molecule has 1 amide bonds. The van der Waals surface area contributed by atoms with Crippen LogP contribution < -0.4 is 10.6 Å². The van der Waals surface area contributed by atoms with Crippen LogP contribution in [0.15, 0.2) is 0 Å². The average molecular weight is 269 g/mol. The number of hydrogen-bond acceptors (Lipinski definition) is 4. The fourth-order valence-electron chi connectivity index (χ4n) is 2.79. The molecule has 0 aliphatic carbocycles. The van der Waals surface area contributed by atoms with Crippen LogP contribution in [0.5, 0.6) is 0 Å². The van der Waals surface area contributed by atoms with Gasteiger partial charge in [-0.05, 0) is 44.8 Å². The van der Waals surface area contributed by atoms with E-state index in [1.807, 2.05) is 0 Å². The highest BCUT2D eigenvalue weighted by atomic mass is 16.5. The minimum Gasteiger partial charge on any atom is -0.379 e. The van der Waals surface area contributed by atoms with E-state index in [4.69, 9.17) is 4.74 Å². The maximum Gasteiger partial charge on any atom is 0.220 e. The van der Waals surface area contributed by atoms with Gasteiger partial charge in [-0.1, -0.05) is 0 Å². The van der Waals surface area contributed by atoms with Crippen LogP contribution in [0.2, 0.25) is 0 Å². The minimum absolute atomic E-state index is 0.218. The Labute approximate surface area is 116 Å². The highest BCUT2D eigenvalue weighted by molar-refractivity contribution is 5.76. The third-order valence-electron chi connectivity index (χ3n) is 3.95. The second kappa shape index (κ2) is 8.51. The molecule has 1 atom stereocenters. The maximum atomic E-state index is 11.8. The molecular weight excluding hydrogens is 242 g/mol. The van der Waals surface area contributed by atoms with E-state index in [0.717, 1.165) is 58.9 Å². The number of carbonyl (C=O) groups excluding carboxylic acids is 1. The summed E-state index contributed by atoms with van der Waals surface area (Å²) in [7, 11) is 0. The summed E-state index contributed by atoms with van der Waals surface area (Å²) in [5, 5.41) is 6.40. The van der Waals surface area contributed by atoms with Crippen molar-refractivity contribution in [1.82, 2.24) is 15.5 Å². The Hall–Kier alpha value is -0.650. The van der Waals surface area contributed by atoms with Crippen LogP contribution in [0.25, 0.3) is 0 Å². The first-order valence-electron chi connectivity index (χ1n) is 7.62. The summed E-state index contributed by atoms with van der Waals surface area (Å²) < 4.78 is 5.31. The number of carbonyl (C=O) groups is 1.